The molecule has 4 aliphatic rings. The second kappa shape index (κ2) is 8.44. The summed E-state index contributed by atoms with van der Waals surface area (Å²) in [5.74, 6) is 0.305. The van der Waals surface area contributed by atoms with E-state index in [0.29, 0.717) is 23.7 Å². The number of rotatable bonds is 6. The Kier molecular flexibility index (Phi) is 5.26. The van der Waals surface area contributed by atoms with Crippen LogP contribution in [-0.4, -0.2) is 57.6 Å². The molecular formula is C22H24N8O3S. The zero-order valence-corrected chi connectivity index (χ0v) is 19.1. The molecule has 0 bridgehead atoms. The highest BCUT2D eigenvalue weighted by Gasteiger charge is 2.30. The summed E-state index contributed by atoms with van der Waals surface area (Å²) in [5, 5.41) is 19.0. The average Bonchev–Trinajstić information content (AvgIpc) is 3.24. The quantitative estimate of drug-likeness (QED) is 0.305. The van der Waals surface area contributed by atoms with E-state index in [1.807, 2.05) is 12.1 Å². The number of amides is 4. The monoisotopic (exact) mass is 480 g/mol. The van der Waals surface area contributed by atoms with Crippen molar-refractivity contribution < 1.29 is 14.4 Å². The van der Waals surface area contributed by atoms with E-state index >= 15 is 0 Å². The van der Waals surface area contributed by atoms with Gasteiger partial charge in [-0.2, -0.15) is 9.61 Å². The van der Waals surface area contributed by atoms with Crippen LogP contribution >= 0.6 is 11.8 Å². The Morgan fingerprint density at radius 3 is 2.82 bits per heavy atom. The van der Waals surface area contributed by atoms with Gasteiger partial charge in [0, 0.05) is 30.3 Å². The molecular weight excluding hydrogens is 456 g/mol. The minimum absolute atomic E-state index is 0.00269. The Balaban J connectivity index is 1.28. The normalized spacial score (nSPS) is 25.5. The molecule has 5 heterocycles. The molecule has 1 saturated carbocycles. The third-order valence-corrected chi connectivity index (χ3v) is 7.53. The van der Waals surface area contributed by atoms with Crippen LogP contribution in [0, 0.1) is 0 Å². The number of carbonyl (C=O) groups is 3. The molecule has 0 spiro atoms. The summed E-state index contributed by atoms with van der Waals surface area (Å²) in [6, 6.07) is 2.02. The van der Waals surface area contributed by atoms with Gasteiger partial charge in [0.15, 0.2) is 5.65 Å². The zero-order valence-electron chi connectivity index (χ0n) is 18.3. The fraction of sp³-hybridized carbons (Fsp3) is 0.409. The van der Waals surface area contributed by atoms with Gasteiger partial charge in [-0.3, -0.25) is 14.9 Å². The molecule has 2 saturated heterocycles. The van der Waals surface area contributed by atoms with Crippen LogP contribution in [0.3, 0.4) is 0 Å². The number of imide groups is 1. The molecule has 6 rings (SSSR count). The van der Waals surface area contributed by atoms with E-state index in [0.717, 1.165) is 48.8 Å². The number of allylic oxidation sites excluding steroid dienone is 1. The van der Waals surface area contributed by atoms with Crippen molar-refractivity contribution in [3.05, 3.63) is 40.2 Å². The molecule has 3 aliphatic heterocycles. The minimum Gasteiger partial charge on any atom is -0.367 e. The highest BCUT2D eigenvalue weighted by molar-refractivity contribution is 8.04. The summed E-state index contributed by atoms with van der Waals surface area (Å²) in [5.41, 5.74) is 2.19. The van der Waals surface area contributed by atoms with Crippen LogP contribution in [0.5, 0.6) is 0 Å². The number of carbonyl (C=O) groups excluding carboxylic acids is 3. The van der Waals surface area contributed by atoms with Crippen molar-refractivity contribution in [2.24, 2.45) is 0 Å². The van der Waals surface area contributed by atoms with Crippen molar-refractivity contribution in [3.63, 3.8) is 0 Å². The Bertz CT molecular complexity index is 1260. The third kappa shape index (κ3) is 4.14. The number of thioether (sulfide) groups is 1. The first-order chi connectivity index (χ1) is 16.5. The maximum Gasteiger partial charge on any atom is 0.326 e. The van der Waals surface area contributed by atoms with E-state index < -0.39 is 11.9 Å². The molecule has 2 atom stereocenters. The van der Waals surface area contributed by atoms with E-state index in [-0.39, 0.29) is 22.9 Å². The SMILES string of the molecule is O=C1NC(=O)/C(=C/c2cnn3c(NC4CC4)cc(C4CC=C(C(=O)NC5CCNC5)S4)nc23)N1. The molecule has 2 aromatic heterocycles. The molecule has 2 unspecified atom stereocenters. The molecule has 12 heteroatoms. The standard InChI is InChI=1S/C22H24N8O3S/c31-20-15(28-22(33)29-20)7-11-9-24-30-18(25-12-1-2-12)8-14(27-19(11)30)16-3-4-17(34-16)21(32)26-13-5-6-23-10-13/h4,7-9,12-13,16,23,25H,1-3,5-6,10H2,(H,26,32)(H2,28,29,31,33)/b15-7-. The number of nitrogens with zero attached hydrogens (tertiary/aromatic N) is 3. The van der Waals surface area contributed by atoms with Crippen LogP contribution in [0.2, 0.25) is 0 Å². The maximum absolute atomic E-state index is 12.7. The molecule has 1 aliphatic carbocycles. The van der Waals surface area contributed by atoms with Gasteiger partial charge in [0.2, 0.25) is 0 Å². The number of urea groups is 1. The number of fused-ring (bicyclic) bond motifs is 1. The van der Waals surface area contributed by atoms with E-state index in [4.69, 9.17) is 4.98 Å². The van der Waals surface area contributed by atoms with Gasteiger partial charge in [-0.05, 0) is 38.3 Å². The lowest BCUT2D eigenvalue weighted by Crippen LogP contribution is -2.36. The van der Waals surface area contributed by atoms with Gasteiger partial charge in [0.1, 0.15) is 11.5 Å². The van der Waals surface area contributed by atoms with Gasteiger partial charge in [-0.1, -0.05) is 6.08 Å². The summed E-state index contributed by atoms with van der Waals surface area (Å²) < 4.78 is 1.72. The van der Waals surface area contributed by atoms with Crippen LogP contribution in [0.4, 0.5) is 10.6 Å². The van der Waals surface area contributed by atoms with Crippen LogP contribution < -0.4 is 26.6 Å². The van der Waals surface area contributed by atoms with Gasteiger partial charge in [-0.15, -0.1) is 11.8 Å². The molecule has 5 N–H and O–H groups in total. The molecule has 176 valence electrons. The number of hydrogen-bond acceptors (Lipinski definition) is 8. The second-order valence-electron chi connectivity index (χ2n) is 8.86. The van der Waals surface area contributed by atoms with E-state index in [9.17, 15) is 14.4 Å². The number of nitrogens with one attached hydrogen (secondary N) is 5. The van der Waals surface area contributed by atoms with Crippen molar-refractivity contribution in [2.75, 3.05) is 18.4 Å². The summed E-state index contributed by atoms with van der Waals surface area (Å²) in [4.78, 5) is 41.8. The molecule has 0 aromatic carbocycles. The smallest absolute Gasteiger partial charge is 0.326 e. The first kappa shape index (κ1) is 21.2. The lowest BCUT2D eigenvalue weighted by molar-refractivity contribution is -0.117. The van der Waals surface area contributed by atoms with E-state index in [1.54, 1.807) is 16.8 Å². The van der Waals surface area contributed by atoms with Gasteiger partial charge in [-0.25, -0.2) is 9.78 Å². The van der Waals surface area contributed by atoms with Gasteiger partial charge in [0.05, 0.1) is 22.0 Å². The number of hydrogen-bond donors (Lipinski definition) is 5. The van der Waals surface area contributed by atoms with Crippen LogP contribution in [0.15, 0.2) is 28.9 Å². The Morgan fingerprint density at radius 1 is 1.21 bits per heavy atom. The molecule has 0 radical (unpaired) electrons. The Morgan fingerprint density at radius 2 is 2.09 bits per heavy atom. The van der Waals surface area contributed by atoms with Crippen molar-refractivity contribution in [2.45, 2.75) is 43.0 Å². The number of aromatic nitrogens is 3. The number of anilines is 1. The van der Waals surface area contributed by atoms with Gasteiger partial charge in [0.25, 0.3) is 11.8 Å². The van der Waals surface area contributed by atoms with Crippen molar-refractivity contribution in [1.82, 2.24) is 35.9 Å². The minimum atomic E-state index is -0.551. The zero-order chi connectivity index (χ0) is 23.2. The largest absolute Gasteiger partial charge is 0.367 e. The fourth-order valence-electron chi connectivity index (χ4n) is 4.27. The molecule has 4 amide bonds. The fourth-order valence-corrected chi connectivity index (χ4v) is 5.37. The van der Waals surface area contributed by atoms with Crippen LogP contribution in [0.1, 0.15) is 42.2 Å². The van der Waals surface area contributed by atoms with Crippen molar-refractivity contribution >= 4 is 47.1 Å². The van der Waals surface area contributed by atoms with E-state index in [2.05, 4.69) is 31.7 Å². The summed E-state index contributed by atoms with van der Waals surface area (Å²) in [6.07, 6.45) is 9.03. The highest BCUT2D eigenvalue weighted by atomic mass is 32.2. The maximum atomic E-state index is 12.7. The lowest BCUT2D eigenvalue weighted by atomic mass is 10.2. The summed E-state index contributed by atoms with van der Waals surface area (Å²) in [7, 11) is 0. The predicted molar refractivity (Wildman–Crippen MR) is 127 cm³/mol. The Labute approximate surface area is 199 Å². The predicted octanol–water partition coefficient (Wildman–Crippen LogP) is 1.02. The molecule has 34 heavy (non-hydrogen) atoms. The average molecular weight is 481 g/mol. The van der Waals surface area contributed by atoms with Crippen molar-refractivity contribution in [3.8, 4) is 0 Å². The van der Waals surface area contributed by atoms with Gasteiger partial charge < -0.3 is 21.3 Å². The van der Waals surface area contributed by atoms with Crippen LogP contribution in [-0.2, 0) is 9.59 Å². The third-order valence-electron chi connectivity index (χ3n) is 6.20. The summed E-state index contributed by atoms with van der Waals surface area (Å²) in [6.45, 7) is 1.73. The topological polar surface area (TPSA) is 142 Å². The van der Waals surface area contributed by atoms with Gasteiger partial charge >= 0.3 is 6.03 Å². The first-order valence-corrected chi connectivity index (χ1v) is 12.3. The second-order valence-corrected chi connectivity index (χ2v) is 10.1. The first-order valence-electron chi connectivity index (χ1n) is 11.4. The summed E-state index contributed by atoms with van der Waals surface area (Å²) >= 11 is 1.52. The molecule has 11 nitrogen and oxygen atoms in total. The van der Waals surface area contributed by atoms with Crippen LogP contribution in [0.25, 0.3) is 11.7 Å². The Hall–Kier alpha value is -3.38. The molecule has 3 fully saturated rings. The van der Waals surface area contributed by atoms with E-state index in [1.165, 1.54) is 11.8 Å². The van der Waals surface area contributed by atoms with Crippen molar-refractivity contribution in [1.29, 1.82) is 0 Å². The lowest BCUT2D eigenvalue weighted by Gasteiger charge is -2.15. The molecule has 2 aromatic rings. The highest BCUT2D eigenvalue weighted by Crippen LogP contribution is 2.44.